The van der Waals surface area contributed by atoms with E-state index in [2.05, 4.69) is 5.10 Å². The van der Waals surface area contributed by atoms with Crippen LogP contribution < -0.4 is 21.6 Å². The van der Waals surface area contributed by atoms with Gasteiger partial charge < -0.3 is 10.5 Å². The fourth-order valence-corrected chi connectivity index (χ4v) is 1.96. The van der Waals surface area contributed by atoms with Gasteiger partial charge in [0.2, 0.25) is 0 Å². The van der Waals surface area contributed by atoms with E-state index >= 15 is 0 Å². The molecule has 112 valence electrons. The van der Waals surface area contributed by atoms with Gasteiger partial charge in [-0.25, -0.2) is 4.68 Å². The van der Waals surface area contributed by atoms with Gasteiger partial charge in [0, 0.05) is 24.1 Å². The zero-order chi connectivity index (χ0) is 15.4. The summed E-state index contributed by atoms with van der Waals surface area (Å²) in [5.74, 6) is 0.624. The summed E-state index contributed by atoms with van der Waals surface area (Å²) in [4.78, 5) is 23.6. The molecule has 0 aliphatic rings. The number of nitrogens with two attached hydrogens (primary N) is 1. The molecule has 0 spiro atoms. The number of nitrogens with one attached hydrogen (secondary N) is 1. The van der Waals surface area contributed by atoms with Crippen molar-refractivity contribution < 1.29 is 4.74 Å². The molecule has 0 radical (unpaired) electrons. The van der Waals surface area contributed by atoms with Crippen LogP contribution in [0.3, 0.4) is 0 Å². The molecule has 21 heavy (non-hydrogen) atoms. The van der Waals surface area contributed by atoms with Crippen LogP contribution in [0.1, 0.15) is 17.5 Å². The normalized spacial score (nSPS) is 10.6. The molecular formula is C15H19N3O3. The Labute approximate surface area is 122 Å². The first-order valence-corrected chi connectivity index (χ1v) is 6.78. The molecule has 0 fully saturated rings. The maximum atomic E-state index is 12.0. The Morgan fingerprint density at radius 3 is 2.62 bits per heavy atom. The highest BCUT2D eigenvalue weighted by molar-refractivity contribution is 5.51. The number of hydrogen-bond acceptors (Lipinski definition) is 4. The second-order valence-electron chi connectivity index (χ2n) is 4.89. The monoisotopic (exact) mass is 289 g/mol. The largest absolute Gasteiger partial charge is 0.491 e. The van der Waals surface area contributed by atoms with E-state index in [1.54, 1.807) is 26.0 Å². The lowest BCUT2D eigenvalue weighted by Crippen LogP contribution is -2.33. The lowest BCUT2D eigenvalue weighted by Gasteiger charge is -2.10. The van der Waals surface area contributed by atoms with Crippen molar-refractivity contribution in [1.29, 1.82) is 0 Å². The molecule has 0 bridgehead atoms. The number of para-hydroxylation sites is 2. The summed E-state index contributed by atoms with van der Waals surface area (Å²) in [5.41, 5.74) is 6.88. The van der Waals surface area contributed by atoms with Crippen molar-refractivity contribution in [3.8, 4) is 5.75 Å². The van der Waals surface area contributed by atoms with Crippen LogP contribution in [-0.4, -0.2) is 16.4 Å². The van der Waals surface area contributed by atoms with Crippen LogP contribution in [-0.2, 0) is 6.54 Å². The Balaban J connectivity index is 1.97. The van der Waals surface area contributed by atoms with Crippen LogP contribution in [0.15, 0.2) is 33.9 Å². The molecule has 1 aromatic carbocycles. The van der Waals surface area contributed by atoms with Crippen molar-refractivity contribution in [1.82, 2.24) is 9.78 Å². The van der Waals surface area contributed by atoms with E-state index in [4.69, 9.17) is 10.5 Å². The van der Waals surface area contributed by atoms with Crippen molar-refractivity contribution in [2.45, 2.75) is 26.8 Å². The number of aryl methyl sites for hydroxylation is 1. The molecule has 2 rings (SSSR count). The van der Waals surface area contributed by atoms with Crippen LogP contribution in [0.25, 0.3) is 0 Å². The molecule has 3 N–H and O–H groups in total. The fraction of sp³-hybridized carbons (Fsp3) is 0.333. The van der Waals surface area contributed by atoms with Gasteiger partial charge in [-0.05, 0) is 26.0 Å². The maximum absolute atomic E-state index is 12.0. The van der Waals surface area contributed by atoms with Crippen LogP contribution in [0, 0.1) is 13.8 Å². The summed E-state index contributed by atoms with van der Waals surface area (Å²) in [6.07, 6.45) is 0.590. The second-order valence-corrected chi connectivity index (χ2v) is 4.89. The van der Waals surface area contributed by atoms with Gasteiger partial charge in [-0.2, -0.15) is 0 Å². The molecule has 1 aromatic heterocycles. The predicted octanol–water partition coefficient (Wildman–Crippen LogP) is 1.20. The molecule has 0 unspecified atom stereocenters. The van der Waals surface area contributed by atoms with E-state index < -0.39 is 0 Å². The quantitative estimate of drug-likeness (QED) is 0.639. The molecule has 0 aliphatic carbocycles. The SMILES string of the molecule is Cc1c(C)c(=O)n(CCCOc2ccccc2N)[nH]c1=O. The summed E-state index contributed by atoms with van der Waals surface area (Å²) >= 11 is 0. The van der Waals surface area contributed by atoms with Gasteiger partial charge in [-0.3, -0.25) is 14.7 Å². The average Bonchev–Trinajstić information content (AvgIpc) is 2.48. The van der Waals surface area contributed by atoms with E-state index in [1.165, 1.54) is 4.68 Å². The Bertz CT molecular complexity index is 747. The number of anilines is 1. The van der Waals surface area contributed by atoms with Gasteiger partial charge in [0.15, 0.2) is 0 Å². The zero-order valence-electron chi connectivity index (χ0n) is 12.2. The third-order valence-corrected chi connectivity index (χ3v) is 3.41. The first-order valence-electron chi connectivity index (χ1n) is 6.78. The number of nitrogens with zero attached hydrogens (tertiary/aromatic N) is 1. The maximum Gasteiger partial charge on any atom is 0.268 e. The van der Waals surface area contributed by atoms with Crippen LogP contribution in [0.5, 0.6) is 5.75 Å². The number of rotatable bonds is 5. The number of hydrogen-bond donors (Lipinski definition) is 2. The lowest BCUT2D eigenvalue weighted by molar-refractivity contribution is 0.298. The number of aromatic amines is 1. The van der Waals surface area contributed by atoms with Crippen LogP contribution in [0.4, 0.5) is 5.69 Å². The van der Waals surface area contributed by atoms with Crippen molar-refractivity contribution in [2.24, 2.45) is 0 Å². The van der Waals surface area contributed by atoms with Crippen molar-refractivity contribution in [3.05, 3.63) is 56.1 Å². The highest BCUT2D eigenvalue weighted by atomic mass is 16.5. The smallest absolute Gasteiger partial charge is 0.268 e. The zero-order valence-corrected chi connectivity index (χ0v) is 12.2. The summed E-state index contributed by atoms with van der Waals surface area (Å²) in [7, 11) is 0. The molecule has 2 aromatic rings. The Hall–Kier alpha value is -2.50. The number of H-pyrrole nitrogens is 1. The average molecular weight is 289 g/mol. The topological polar surface area (TPSA) is 90.1 Å². The standard InChI is InChI=1S/C15H19N3O3/c1-10-11(2)15(20)18(17-14(10)19)8-5-9-21-13-7-4-3-6-12(13)16/h3-4,6-7H,5,8-9,16H2,1-2H3,(H,17,19). The summed E-state index contributed by atoms with van der Waals surface area (Å²) < 4.78 is 6.87. The molecule has 0 amide bonds. The molecule has 1 heterocycles. The highest BCUT2D eigenvalue weighted by Gasteiger charge is 2.07. The molecular weight excluding hydrogens is 270 g/mol. The fourth-order valence-electron chi connectivity index (χ4n) is 1.96. The van der Waals surface area contributed by atoms with Gasteiger partial charge in [-0.15, -0.1) is 0 Å². The van der Waals surface area contributed by atoms with Gasteiger partial charge in [0.05, 0.1) is 12.3 Å². The molecule has 6 nitrogen and oxygen atoms in total. The first-order chi connectivity index (χ1) is 10.0. The van der Waals surface area contributed by atoms with E-state index in [0.29, 0.717) is 42.1 Å². The van der Waals surface area contributed by atoms with Gasteiger partial charge >= 0.3 is 0 Å². The minimum Gasteiger partial charge on any atom is -0.491 e. The van der Waals surface area contributed by atoms with E-state index in [-0.39, 0.29) is 11.1 Å². The summed E-state index contributed by atoms with van der Waals surface area (Å²) in [5, 5.41) is 2.56. The molecule has 0 saturated carbocycles. The van der Waals surface area contributed by atoms with Crippen LogP contribution in [0.2, 0.25) is 0 Å². The van der Waals surface area contributed by atoms with Crippen molar-refractivity contribution >= 4 is 5.69 Å². The van der Waals surface area contributed by atoms with E-state index in [1.807, 2.05) is 12.1 Å². The minimum absolute atomic E-state index is 0.175. The van der Waals surface area contributed by atoms with E-state index in [9.17, 15) is 9.59 Å². The Morgan fingerprint density at radius 2 is 1.90 bits per heavy atom. The third-order valence-electron chi connectivity index (χ3n) is 3.41. The van der Waals surface area contributed by atoms with Crippen molar-refractivity contribution in [3.63, 3.8) is 0 Å². The van der Waals surface area contributed by atoms with Crippen molar-refractivity contribution in [2.75, 3.05) is 12.3 Å². The number of benzene rings is 1. The van der Waals surface area contributed by atoms with E-state index in [0.717, 1.165) is 0 Å². The third kappa shape index (κ3) is 3.34. The summed E-state index contributed by atoms with van der Waals surface area (Å²) in [6, 6.07) is 7.23. The second kappa shape index (κ2) is 6.30. The molecule has 0 atom stereocenters. The predicted molar refractivity (Wildman–Crippen MR) is 81.8 cm³/mol. The van der Waals surface area contributed by atoms with Gasteiger partial charge in [-0.1, -0.05) is 12.1 Å². The molecule has 0 saturated heterocycles. The van der Waals surface area contributed by atoms with Gasteiger partial charge in [0.25, 0.3) is 11.1 Å². The first kappa shape index (κ1) is 14.9. The number of aromatic nitrogens is 2. The molecule has 6 heteroatoms. The molecule has 0 aliphatic heterocycles. The summed E-state index contributed by atoms with van der Waals surface area (Å²) in [6.45, 7) is 4.10. The van der Waals surface area contributed by atoms with Gasteiger partial charge in [0.1, 0.15) is 5.75 Å². The number of nitrogen functional groups attached to an aromatic ring is 1. The van der Waals surface area contributed by atoms with Crippen LogP contribution >= 0.6 is 0 Å². The lowest BCUT2D eigenvalue weighted by atomic mass is 10.2. The Morgan fingerprint density at radius 1 is 1.19 bits per heavy atom. The minimum atomic E-state index is -0.236. The Kier molecular flexibility index (Phi) is 4.47. The highest BCUT2D eigenvalue weighted by Crippen LogP contribution is 2.19. The number of ether oxygens (including phenoxy) is 1.